The van der Waals surface area contributed by atoms with Crippen LogP contribution in [0.4, 0.5) is 0 Å². The van der Waals surface area contributed by atoms with Crippen LogP contribution in [-0.2, 0) is 5.41 Å². The van der Waals surface area contributed by atoms with Crippen molar-refractivity contribution in [3.8, 4) is 11.3 Å². The third-order valence-electron chi connectivity index (χ3n) is 4.60. The second-order valence-corrected chi connectivity index (χ2v) is 7.46. The van der Waals surface area contributed by atoms with E-state index >= 15 is 0 Å². The van der Waals surface area contributed by atoms with Gasteiger partial charge in [-0.3, -0.25) is 4.40 Å². The number of imidazole rings is 1. The van der Waals surface area contributed by atoms with E-state index in [-0.39, 0.29) is 5.41 Å². The zero-order valence-corrected chi connectivity index (χ0v) is 15.2. The van der Waals surface area contributed by atoms with Gasteiger partial charge in [-0.25, -0.2) is 4.98 Å². The number of aliphatic hydroxyl groups excluding tert-OH is 1. The minimum atomic E-state index is -0.529. The van der Waals surface area contributed by atoms with Crippen LogP contribution in [0.15, 0.2) is 42.5 Å². The summed E-state index contributed by atoms with van der Waals surface area (Å²) in [5, 5.41) is 10.6. The zero-order valence-electron chi connectivity index (χ0n) is 15.2. The number of aromatic nitrogens is 2. The molecule has 1 atom stereocenters. The van der Waals surface area contributed by atoms with Crippen LogP contribution < -0.4 is 0 Å². The van der Waals surface area contributed by atoms with Crippen molar-refractivity contribution < 1.29 is 5.11 Å². The van der Waals surface area contributed by atoms with Gasteiger partial charge in [-0.2, -0.15) is 0 Å². The number of hydrogen-bond donors (Lipinski definition) is 1. The molecule has 0 saturated carbocycles. The van der Waals surface area contributed by atoms with Crippen molar-refractivity contribution in [3.63, 3.8) is 0 Å². The summed E-state index contributed by atoms with van der Waals surface area (Å²) < 4.78 is 2.07. The Balaban J connectivity index is 2.20. The van der Waals surface area contributed by atoms with Crippen LogP contribution in [0.25, 0.3) is 16.9 Å². The average molecular weight is 322 g/mol. The van der Waals surface area contributed by atoms with Gasteiger partial charge in [-0.15, -0.1) is 0 Å². The maximum absolute atomic E-state index is 10.6. The zero-order chi connectivity index (χ0) is 17.5. The van der Waals surface area contributed by atoms with Crippen molar-refractivity contribution in [3.05, 3.63) is 59.4 Å². The van der Waals surface area contributed by atoms with E-state index in [0.717, 1.165) is 28.3 Å². The summed E-state index contributed by atoms with van der Waals surface area (Å²) >= 11 is 0. The van der Waals surface area contributed by atoms with Gasteiger partial charge in [0.15, 0.2) is 0 Å². The minimum Gasteiger partial charge on any atom is -0.387 e. The second-order valence-electron chi connectivity index (χ2n) is 7.46. The van der Waals surface area contributed by atoms with Crippen LogP contribution in [0, 0.1) is 6.92 Å². The van der Waals surface area contributed by atoms with Crippen molar-refractivity contribution >= 4 is 5.65 Å². The van der Waals surface area contributed by atoms with Crippen molar-refractivity contribution in [1.82, 2.24) is 9.38 Å². The first kappa shape index (κ1) is 16.7. The molecule has 1 N–H and O–H groups in total. The molecule has 0 radical (unpaired) electrons. The van der Waals surface area contributed by atoms with Gasteiger partial charge < -0.3 is 5.11 Å². The summed E-state index contributed by atoms with van der Waals surface area (Å²) in [6, 6.07) is 14.6. The third-order valence-corrected chi connectivity index (χ3v) is 4.60. The van der Waals surface area contributed by atoms with Gasteiger partial charge in [0.25, 0.3) is 0 Å². The maximum Gasteiger partial charge on any atom is 0.137 e. The van der Waals surface area contributed by atoms with Gasteiger partial charge in [-0.05, 0) is 36.5 Å². The highest BCUT2D eigenvalue weighted by atomic mass is 16.3. The molecule has 1 aromatic carbocycles. The van der Waals surface area contributed by atoms with Crippen LogP contribution >= 0.6 is 0 Å². The largest absolute Gasteiger partial charge is 0.387 e. The molecular formula is C21H26N2O. The predicted octanol–water partition coefficient (Wildman–Crippen LogP) is 5.05. The molecular weight excluding hydrogens is 296 g/mol. The van der Waals surface area contributed by atoms with Gasteiger partial charge in [0.1, 0.15) is 5.65 Å². The summed E-state index contributed by atoms with van der Waals surface area (Å²) in [4.78, 5) is 4.81. The Morgan fingerprint density at radius 3 is 2.33 bits per heavy atom. The van der Waals surface area contributed by atoms with E-state index in [1.165, 1.54) is 5.56 Å². The first-order chi connectivity index (χ1) is 11.3. The average Bonchev–Trinajstić information content (AvgIpc) is 2.94. The fourth-order valence-electron chi connectivity index (χ4n) is 3.12. The number of nitrogens with zero attached hydrogens (tertiary/aromatic N) is 2. The number of benzene rings is 1. The fourth-order valence-corrected chi connectivity index (χ4v) is 3.12. The fraction of sp³-hybridized carbons (Fsp3) is 0.381. The van der Waals surface area contributed by atoms with E-state index in [9.17, 15) is 5.11 Å². The van der Waals surface area contributed by atoms with Crippen LogP contribution in [0.3, 0.4) is 0 Å². The van der Waals surface area contributed by atoms with Gasteiger partial charge in [-0.1, -0.05) is 58.0 Å². The van der Waals surface area contributed by atoms with Crippen LogP contribution in [0.5, 0.6) is 0 Å². The molecule has 0 fully saturated rings. The molecule has 24 heavy (non-hydrogen) atoms. The minimum absolute atomic E-state index is 0.125. The lowest BCUT2D eigenvalue weighted by Crippen LogP contribution is -2.10. The normalized spacial score (nSPS) is 13.4. The Morgan fingerprint density at radius 1 is 1.08 bits per heavy atom. The van der Waals surface area contributed by atoms with E-state index in [0.29, 0.717) is 6.42 Å². The van der Waals surface area contributed by atoms with Gasteiger partial charge in [0, 0.05) is 11.3 Å². The van der Waals surface area contributed by atoms with E-state index in [2.05, 4.69) is 49.4 Å². The molecule has 0 spiro atoms. The molecule has 3 aromatic rings. The predicted molar refractivity (Wildman–Crippen MR) is 99.3 cm³/mol. The number of pyridine rings is 1. The van der Waals surface area contributed by atoms with Crippen molar-refractivity contribution in [2.45, 2.75) is 52.6 Å². The molecule has 0 aliphatic heterocycles. The van der Waals surface area contributed by atoms with Crippen molar-refractivity contribution in [2.75, 3.05) is 0 Å². The Labute approximate surface area is 144 Å². The molecule has 2 aromatic heterocycles. The number of aryl methyl sites for hydroxylation is 1. The lowest BCUT2D eigenvalue weighted by atomic mass is 9.86. The Bertz CT molecular complexity index is 854. The van der Waals surface area contributed by atoms with E-state index in [1.54, 1.807) is 0 Å². The van der Waals surface area contributed by atoms with Gasteiger partial charge >= 0.3 is 0 Å². The van der Waals surface area contributed by atoms with Crippen LogP contribution in [0.2, 0.25) is 0 Å². The van der Waals surface area contributed by atoms with Crippen molar-refractivity contribution in [1.29, 1.82) is 0 Å². The van der Waals surface area contributed by atoms with Crippen LogP contribution in [0.1, 0.15) is 57.2 Å². The Hall–Kier alpha value is -2.13. The van der Waals surface area contributed by atoms with Gasteiger partial charge in [0.05, 0.1) is 17.5 Å². The topological polar surface area (TPSA) is 37.5 Å². The maximum atomic E-state index is 10.6. The molecule has 3 heteroatoms. The Kier molecular flexibility index (Phi) is 4.22. The quantitative estimate of drug-likeness (QED) is 0.732. The van der Waals surface area contributed by atoms with E-state index < -0.39 is 6.10 Å². The smallest absolute Gasteiger partial charge is 0.137 e. The highest BCUT2D eigenvalue weighted by Gasteiger charge is 2.21. The van der Waals surface area contributed by atoms with Gasteiger partial charge in [0.2, 0.25) is 0 Å². The molecule has 0 amide bonds. The molecule has 0 aliphatic rings. The third kappa shape index (κ3) is 2.84. The lowest BCUT2D eigenvalue weighted by Gasteiger charge is -2.19. The molecule has 126 valence electrons. The highest BCUT2D eigenvalue weighted by molar-refractivity contribution is 5.68. The summed E-state index contributed by atoms with van der Waals surface area (Å²) in [6.07, 6.45) is 0.133. The lowest BCUT2D eigenvalue weighted by molar-refractivity contribution is 0.168. The molecule has 0 aliphatic carbocycles. The van der Waals surface area contributed by atoms with Crippen molar-refractivity contribution in [2.24, 2.45) is 0 Å². The number of rotatable bonds is 3. The van der Waals surface area contributed by atoms with Crippen LogP contribution in [-0.4, -0.2) is 14.5 Å². The number of fused-ring (bicyclic) bond motifs is 1. The first-order valence-corrected chi connectivity index (χ1v) is 8.60. The SMILES string of the molecule is CCC(O)c1c(-c2ccc(C(C)(C)C)cc2)nc2cccc(C)n12. The highest BCUT2D eigenvalue weighted by Crippen LogP contribution is 2.32. The molecule has 0 bridgehead atoms. The molecule has 3 nitrogen and oxygen atoms in total. The second kappa shape index (κ2) is 6.06. The Morgan fingerprint density at radius 2 is 1.75 bits per heavy atom. The van der Waals surface area contributed by atoms with E-state index in [4.69, 9.17) is 4.98 Å². The standard InChI is InChI=1S/C21H26N2O/c1-6-17(24)20-19(22-18-9-7-8-14(2)23(18)20)15-10-12-16(13-11-15)21(3,4)5/h7-13,17,24H,6H2,1-5H3. The monoisotopic (exact) mass is 322 g/mol. The summed E-state index contributed by atoms with van der Waals surface area (Å²) in [5.41, 5.74) is 6.19. The number of hydrogen-bond acceptors (Lipinski definition) is 2. The molecule has 0 saturated heterocycles. The molecule has 2 heterocycles. The summed E-state index contributed by atoms with van der Waals surface area (Å²) in [5.74, 6) is 0. The summed E-state index contributed by atoms with van der Waals surface area (Å²) in [7, 11) is 0. The summed E-state index contributed by atoms with van der Waals surface area (Å²) in [6.45, 7) is 10.7. The molecule has 1 unspecified atom stereocenters. The van der Waals surface area contributed by atoms with E-state index in [1.807, 2.05) is 32.0 Å². The number of aliphatic hydroxyl groups is 1. The molecule has 3 rings (SSSR count). The first-order valence-electron chi connectivity index (χ1n) is 8.60.